The second kappa shape index (κ2) is 16.5. The average Bonchev–Trinajstić information content (AvgIpc) is 3.25. The van der Waals surface area contributed by atoms with Gasteiger partial charge in [0.1, 0.15) is 6.10 Å². The number of amides is 1. The number of methoxy groups -OCH3 is 1. The standard InChI is InChI=1S/C31H53NO2.C3H6O3.Na/c1-7-19-32-29(33)34-24-15-17-30(5)23(20-24)11-12-25-27-14-13-26(22(4)10-8-9-21(2)3)31(27,6)18-16-28(25)30;1-6-2-3(4)5;/h11,21-22,24-28H,7-10,12-20H2,1-6H3,(H,32,33);2H2,1H3,(H,4,5);/q;;+1/p-1/t22-,24+,25+,26-,27+,28+,30+,31-;;/m1../s1. The smallest absolute Gasteiger partial charge is 0.548 e. The Hall–Kier alpha value is -0.560. The van der Waals surface area contributed by atoms with Gasteiger partial charge in [-0.3, -0.25) is 0 Å². The summed E-state index contributed by atoms with van der Waals surface area (Å²) in [6, 6.07) is 0. The van der Waals surface area contributed by atoms with E-state index in [1.54, 1.807) is 5.57 Å². The first-order valence-corrected chi connectivity index (χ1v) is 16.3. The number of aliphatic carboxylic acids is 1. The molecular weight excluding hydrogens is 525 g/mol. The summed E-state index contributed by atoms with van der Waals surface area (Å²) in [5.74, 6) is 4.06. The average molecular weight is 584 g/mol. The van der Waals surface area contributed by atoms with Crippen molar-refractivity contribution in [2.24, 2.45) is 46.3 Å². The number of alkyl carbamates (subject to hydrolysis) is 1. The summed E-state index contributed by atoms with van der Waals surface area (Å²) in [6.07, 6.45) is 17.8. The van der Waals surface area contributed by atoms with Gasteiger partial charge in [-0.1, -0.05) is 72.5 Å². The van der Waals surface area contributed by atoms with Gasteiger partial charge < -0.3 is 24.7 Å². The molecule has 0 heterocycles. The van der Waals surface area contributed by atoms with Crippen LogP contribution in [-0.4, -0.2) is 38.4 Å². The van der Waals surface area contributed by atoms with Gasteiger partial charge in [-0.15, -0.1) is 0 Å². The number of allylic oxidation sites excluding steroid dienone is 1. The Labute approximate surface area is 272 Å². The van der Waals surface area contributed by atoms with Gasteiger partial charge in [0.05, 0.1) is 12.6 Å². The van der Waals surface area contributed by atoms with Gasteiger partial charge in [0, 0.05) is 20.1 Å². The van der Waals surface area contributed by atoms with E-state index >= 15 is 0 Å². The summed E-state index contributed by atoms with van der Waals surface area (Å²) in [6.45, 7) is 15.0. The minimum Gasteiger partial charge on any atom is -0.548 e. The van der Waals surface area contributed by atoms with Gasteiger partial charge in [-0.05, 0) is 97.7 Å². The first-order valence-electron chi connectivity index (χ1n) is 16.3. The molecule has 0 aromatic carbocycles. The topological polar surface area (TPSA) is 87.7 Å². The fourth-order valence-corrected chi connectivity index (χ4v) is 9.29. The fraction of sp³-hybridized carbons (Fsp3) is 0.882. The van der Waals surface area contributed by atoms with E-state index in [4.69, 9.17) is 4.74 Å². The van der Waals surface area contributed by atoms with E-state index in [0.717, 1.165) is 54.8 Å². The molecule has 4 rings (SSSR count). The molecular formula is C34H58NNaO5. The second-order valence-electron chi connectivity index (χ2n) is 14.3. The van der Waals surface area contributed by atoms with E-state index in [1.165, 1.54) is 64.9 Å². The van der Waals surface area contributed by atoms with E-state index in [0.29, 0.717) is 17.4 Å². The number of carboxylic acid groups (broad SMARTS) is 1. The summed E-state index contributed by atoms with van der Waals surface area (Å²) in [5.41, 5.74) is 2.48. The van der Waals surface area contributed by atoms with E-state index in [2.05, 4.69) is 57.7 Å². The zero-order chi connectivity index (χ0) is 29.5. The van der Waals surface area contributed by atoms with Crippen LogP contribution in [0.25, 0.3) is 0 Å². The minimum atomic E-state index is -1.18. The normalized spacial score (nSPS) is 34.4. The number of fused-ring (bicyclic) bond motifs is 5. The van der Waals surface area contributed by atoms with Crippen molar-refractivity contribution in [3.8, 4) is 0 Å². The van der Waals surface area contributed by atoms with Crippen molar-refractivity contribution < 1.29 is 53.7 Å². The predicted molar refractivity (Wildman–Crippen MR) is 158 cm³/mol. The molecule has 1 amide bonds. The van der Waals surface area contributed by atoms with E-state index in [1.807, 2.05) is 0 Å². The SMILES string of the molecule is CCCNC(=O)O[C@H]1CC[C@@]2(C)C(=CC[C@H]3[C@@H]4CC[C@H]([C@H](C)CCCC(C)C)[C@@]4(C)CC[C@@H]32)C1.COCC(=O)[O-].[Na+]. The van der Waals surface area contributed by atoms with Gasteiger partial charge in [0.25, 0.3) is 0 Å². The Kier molecular flexibility index (Phi) is 14.7. The van der Waals surface area contributed by atoms with Gasteiger partial charge >= 0.3 is 35.7 Å². The molecule has 0 aromatic heterocycles. The van der Waals surface area contributed by atoms with Crippen molar-refractivity contribution >= 4 is 12.1 Å². The molecule has 0 unspecified atom stereocenters. The molecule has 41 heavy (non-hydrogen) atoms. The molecule has 3 fully saturated rings. The van der Waals surface area contributed by atoms with Crippen molar-refractivity contribution in [3.05, 3.63) is 11.6 Å². The fourth-order valence-electron chi connectivity index (χ4n) is 9.29. The molecule has 0 bridgehead atoms. The molecule has 6 nitrogen and oxygen atoms in total. The summed E-state index contributed by atoms with van der Waals surface area (Å²) >= 11 is 0. The summed E-state index contributed by atoms with van der Waals surface area (Å²) in [7, 11) is 1.30. The van der Waals surface area contributed by atoms with Crippen molar-refractivity contribution in [2.45, 2.75) is 125 Å². The van der Waals surface area contributed by atoms with Crippen LogP contribution in [0.4, 0.5) is 4.79 Å². The van der Waals surface area contributed by atoms with Crippen LogP contribution in [0.1, 0.15) is 119 Å². The van der Waals surface area contributed by atoms with Crippen LogP contribution in [0.3, 0.4) is 0 Å². The molecule has 3 saturated carbocycles. The molecule has 4 aliphatic carbocycles. The Bertz CT molecular complexity index is 877. The minimum absolute atomic E-state index is 0. The Morgan fingerprint density at radius 3 is 2.41 bits per heavy atom. The van der Waals surface area contributed by atoms with Crippen LogP contribution >= 0.6 is 0 Å². The predicted octanol–water partition coefficient (Wildman–Crippen LogP) is 3.92. The summed E-state index contributed by atoms with van der Waals surface area (Å²) in [4.78, 5) is 21.5. The van der Waals surface area contributed by atoms with Crippen LogP contribution in [0.5, 0.6) is 0 Å². The molecule has 0 saturated heterocycles. The van der Waals surface area contributed by atoms with E-state index in [-0.39, 0.29) is 48.4 Å². The number of carbonyl (C=O) groups is 2. The van der Waals surface area contributed by atoms with Crippen molar-refractivity contribution in [2.75, 3.05) is 20.3 Å². The van der Waals surface area contributed by atoms with Gasteiger partial charge in [-0.2, -0.15) is 0 Å². The molecule has 0 spiro atoms. The molecule has 0 aliphatic heterocycles. The largest absolute Gasteiger partial charge is 1.00 e. The van der Waals surface area contributed by atoms with Gasteiger partial charge in [0.2, 0.25) is 0 Å². The quantitative estimate of drug-likeness (QED) is 0.311. The maximum Gasteiger partial charge on any atom is 1.00 e. The molecule has 4 aliphatic rings. The number of ether oxygens (including phenoxy) is 2. The van der Waals surface area contributed by atoms with Crippen molar-refractivity contribution in [3.63, 3.8) is 0 Å². The van der Waals surface area contributed by atoms with Crippen LogP contribution in [-0.2, 0) is 14.3 Å². The Morgan fingerprint density at radius 1 is 1.07 bits per heavy atom. The third-order valence-corrected chi connectivity index (χ3v) is 11.3. The number of hydrogen-bond donors (Lipinski definition) is 1. The van der Waals surface area contributed by atoms with Crippen LogP contribution < -0.4 is 40.0 Å². The van der Waals surface area contributed by atoms with Gasteiger partial charge in [0.15, 0.2) is 0 Å². The molecule has 1 N–H and O–H groups in total. The summed E-state index contributed by atoms with van der Waals surface area (Å²) < 4.78 is 9.95. The zero-order valence-corrected chi connectivity index (χ0v) is 29.6. The number of nitrogens with one attached hydrogen (secondary N) is 1. The second-order valence-corrected chi connectivity index (χ2v) is 14.3. The van der Waals surface area contributed by atoms with E-state index in [9.17, 15) is 14.7 Å². The maximum atomic E-state index is 12.1. The maximum absolute atomic E-state index is 12.1. The Balaban J connectivity index is 0.000000760. The third-order valence-electron chi connectivity index (χ3n) is 11.3. The van der Waals surface area contributed by atoms with Crippen LogP contribution in [0.2, 0.25) is 0 Å². The van der Waals surface area contributed by atoms with E-state index < -0.39 is 5.97 Å². The molecule has 0 radical (unpaired) electrons. The summed E-state index contributed by atoms with van der Waals surface area (Å²) in [5, 5.41) is 12.2. The molecule has 7 heteroatoms. The number of carbonyl (C=O) groups excluding carboxylic acids is 2. The number of hydrogen-bond acceptors (Lipinski definition) is 5. The number of carboxylic acids is 1. The first kappa shape index (κ1) is 36.6. The van der Waals surface area contributed by atoms with Crippen LogP contribution in [0.15, 0.2) is 11.6 Å². The van der Waals surface area contributed by atoms with Crippen molar-refractivity contribution in [1.29, 1.82) is 0 Å². The molecule has 0 aromatic rings. The first-order chi connectivity index (χ1) is 19.0. The molecule has 230 valence electrons. The monoisotopic (exact) mass is 583 g/mol. The van der Waals surface area contributed by atoms with Crippen molar-refractivity contribution in [1.82, 2.24) is 5.32 Å². The third kappa shape index (κ3) is 8.99. The Morgan fingerprint density at radius 2 is 1.80 bits per heavy atom. The van der Waals surface area contributed by atoms with Crippen LogP contribution in [0, 0.1) is 46.3 Å². The number of rotatable bonds is 10. The van der Waals surface area contributed by atoms with Gasteiger partial charge in [-0.25, -0.2) is 4.79 Å². The molecule has 8 atom stereocenters. The zero-order valence-electron chi connectivity index (χ0n) is 27.6.